The third-order valence-corrected chi connectivity index (χ3v) is 1.70. The quantitative estimate of drug-likeness (QED) is 0.571. The molecule has 1 rings (SSSR count). The molecule has 0 radical (unpaired) electrons. The van der Waals surface area contributed by atoms with Gasteiger partial charge in [-0.2, -0.15) is 0 Å². The van der Waals surface area contributed by atoms with Crippen LogP contribution in [0.2, 0.25) is 0 Å². The number of aromatic amines is 1. The van der Waals surface area contributed by atoms with Gasteiger partial charge in [0, 0.05) is 13.2 Å². The second-order valence-electron chi connectivity index (χ2n) is 1.92. The lowest BCUT2D eigenvalue weighted by Gasteiger charge is -1.86. The molecule has 0 atom stereocenters. The highest BCUT2D eigenvalue weighted by Crippen LogP contribution is 1.97. The second kappa shape index (κ2) is 2.26. The van der Waals surface area contributed by atoms with E-state index in [0.29, 0.717) is 10.2 Å². The van der Waals surface area contributed by atoms with E-state index in [2.05, 4.69) is 5.10 Å². The maximum atomic E-state index is 10.6. The van der Waals surface area contributed by atoms with Gasteiger partial charge in [0.25, 0.3) is 5.91 Å². The maximum absolute atomic E-state index is 10.6. The van der Waals surface area contributed by atoms with E-state index in [9.17, 15) is 4.79 Å². The summed E-state index contributed by atoms with van der Waals surface area (Å²) in [6, 6.07) is 0. The van der Waals surface area contributed by atoms with Gasteiger partial charge < -0.3 is 10.8 Å². The van der Waals surface area contributed by atoms with Crippen molar-refractivity contribution in [1.82, 2.24) is 9.78 Å². The van der Waals surface area contributed by atoms with Gasteiger partial charge >= 0.3 is 0 Å². The Morgan fingerprint density at radius 1 is 1.90 bits per heavy atom. The van der Waals surface area contributed by atoms with Crippen LogP contribution >= 0.6 is 12.2 Å². The summed E-state index contributed by atoms with van der Waals surface area (Å²) in [6.07, 6.45) is 1.49. The Morgan fingerprint density at radius 3 is 2.70 bits per heavy atom. The molecule has 5 heteroatoms. The summed E-state index contributed by atoms with van der Waals surface area (Å²) in [5.41, 5.74) is 5.35. The number of hydrogen-bond donors (Lipinski definition) is 2. The van der Waals surface area contributed by atoms with Crippen LogP contribution in [0.1, 0.15) is 10.4 Å². The predicted octanol–water partition coefficient (Wildman–Crippen LogP) is 0.182. The number of carbonyl (C=O) groups is 1. The van der Waals surface area contributed by atoms with E-state index >= 15 is 0 Å². The topological polar surface area (TPSA) is 63.8 Å². The molecule has 54 valence electrons. The van der Waals surface area contributed by atoms with E-state index in [4.69, 9.17) is 18.0 Å². The molecule has 1 aromatic heterocycles. The van der Waals surface area contributed by atoms with Crippen molar-refractivity contribution in [2.24, 2.45) is 12.8 Å². The van der Waals surface area contributed by atoms with Gasteiger partial charge in [0.2, 0.25) is 0 Å². The van der Waals surface area contributed by atoms with E-state index < -0.39 is 5.91 Å². The lowest BCUT2D eigenvalue weighted by molar-refractivity contribution is 0.1000. The molecule has 0 saturated heterocycles. The number of amides is 1. The van der Waals surface area contributed by atoms with Crippen molar-refractivity contribution < 1.29 is 4.79 Å². The molecular weight excluding hydrogens is 150 g/mol. The molecule has 0 fully saturated rings. The van der Waals surface area contributed by atoms with E-state index in [1.165, 1.54) is 6.20 Å². The van der Waals surface area contributed by atoms with Crippen molar-refractivity contribution in [3.05, 3.63) is 16.4 Å². The number of carbonyl (C=O) groups excluding carboxylic acids is 1. The summed E-state index contributed by atoms with van der Waals surface area (Å²) in [5.74, 6) is -0.498. The molecule has 0 aliphatic heterocycles. The molecule has 0 aliphatic carbocycles. The van der Waals surface area contributed by atoms with Crippen LogP contribution in [0.25, 0.3) is 0 Å². The van der Waals surface area contributed by atoms with Gasteiger partial charge in [-0.1, -0.05) is 12.2 Å². The number of primary amides is 1. The molecule has 0 unspecified atom stereocenters. The summed E-state index contributed by atoms with van der Waals surface area (Å²) >= 11 is 4.83. The average molecular weight is 157 g/mol. The molecular formula is C5H7N3OS. The van der Waals surface area contributed by atoms with Crippen LogP contribution < -0.4 is 5.73 Å². The van der Waals surface area contributed by atoms with E-state index in [-0.39, 0.29) is 0 Å². The molecule has 0 saturated carbocycles. The van der Waals surface area contributed by atoms with Crippen molar-refractivity contribution >= 4 is 18.1 Å². The number of rotatable bonds is 1. The van der Waals surface area contributed by atoms with E-state index in [1.54, 1.807) is 11.7 Å². The normalized spacial score (nSPS) is 9.70. The first-order valence-corrected chi connectivity index (χ1v) is 3.08. The van der Waals surface area contributed by atoms with Gasteiger partial charge in [-0.05, 0) is 0 Å². The third kappa shape index (κ3) is 0.950. The highest BCUT2D eigenvalue weighted by molar-refractivity contribution is 7.71. The molecule has 0 spiro atoms. The van der Waals surface area contributed by atoms with Crippen molar-refractivity contribution in [3.8, 4) is 0 Å². The fraction of sp³-hybridized carbons (Fsp3) is 0.200. The summed E-state index contributed by atoms with van der Waals surface area (Å²) in [4.78, 5) is 10.6. The van der Waals surface area contributed by atoms with Gasteiger partial charge in [0.15, 0.2) is 0 Å². The fourth-order valence-electron chi connectivity index (χ4n) is 0.639. The number of aryl methyl sites for hydroxylation is 1. The number of H-pyrrole nitrogens is 1. The number of aromatic nitrogens is 2. The van der Waals surface area contributed by atoms with Gasteiger partial charge in [-0.15, -0.1) is 0 Å². The zero-order valence-electron chi connectivity index (χ0n) is 5.42. The zero-order chi connectivity index (χ0) is 7.72. The van der Waals surface area contributed by atoms with Crippen LogP contribution in [0.3, 0.4) is 0 Å². The van der Waals surface area contributed by atoms with Crippen molar-refractivity contribution in [3.63, 3.8) is 0 Å². The van der Waals surface area contributed by atoms with Crippen LogP contribution in [-0.4, -0.2) is 15.7 Å². The van der Waals surface area contributed by atoms with E-state index in [0.717, 1.165) is 0 Å². The number of nitrogens with zero attached hydrogens (tertiary/aromatic N) is 1. The molecule has 0 aliphatic rings. The number of nitrogens with two attached hydrogens (primary N) is 1. The summed E-state index contributed by atoms with van der Waals surface area (Å²) in [5, 5.41) is 2.73. The van der Waals surface area contributed by atoms with Crippen molar-refractivity contribution in [2.45, 2.75) is 0 Å². The maximum Gasteiger partial charge on any atom is 0.253 e. The molecule has 1 amide bonds. The summed E-state index contributed by atoms with van der Waals surface area (Å²) in [6.45, 7) is 0. The molecule has 1 heterocycles. The van der Waals surface area contributed by atoms with Crippen LogP contribution in [0.4, 0.5) is 0 Å². The Bertz CT molecular complexity index is 311. The first kappa shape index (κ1) is 7.01. The highest BCUT2D eigenvalue weighted by Gasteiger charge is 2.03. The number of hydrogen-bond acceptors (Lipinski definition) is 2. The Labute approximate surface area is 62.6 Å². The average Bonchev–Trinajstić information content (AvgIpc) is 2.14. The van der Waals surface area contributed by atoms with Crippen molar-refractivity contribution in [2.75, 3.05) is 0 Å². The Balaban J connectivity index is 3.32. The summed E-state index contributed by atoms with van der Waals surface area (Å²) in [7, 11) is 1.72. The third-order valence-electron chi connectivity index (χ3n) is 1.20. The highest BCUT2D eigenvalue weighted by atomic mass is 32.1. The van der Waals surface area contributed by atoms with Crippen molar-refractivity contribution in [1.29, 1.82) is 0 Å². The number of nitrogens with one attached hydrogen (secondary N) is 1. The minimum absolute atomic E-state index is 0.359. The van der Waals surface area contributed by atoms with Crippen LogP contribution in [-0.2, 0) is 7.05 Å². The van der Waals surface area contributed by atoms with Crippen LogP contribution in [0, 0.1) is 4.64 Å². The molecule has 4 nitrogen and oxygen atoms in total. The van der Waals surface area contributed by atoms with Gasteiger partial charge in [0.1, 0.15) is 4.64 Å². The minimum atomic E-state index is -0.498. The van der Waals surface area contributed by atoms with Crippen LogP contribution in [0.5, 0.6) is 0 Å². The zero-order valence-corrected chi connectivity index (χ0v) is 6.23. The first-order chi connectivity index (χ1) is 4.63. The summed E-state index contributed by atoms with van der Waals surface area (Å²) < 4.78 is 1.99. The smallest absolute Gasteiger partial charge is 0.253 e. The SMILES string of the molecule is Cn1[nH]cc(C(N)=O)c1=S. The predicted molar refractivity (Wildman–Crippen MR) is 39.1 cm³/mol. The first-order valence-electron chi connectivity index (χ1n) is 2.67. The largest absolute Gasteiger partial charge is 0.365 e. The van der Waals surface area contributed by atoms with Gasteiger partial charge in [0.05, 0.1) is 5.56 Å². The molecule has 0 aromatic carbocycles. The van der Waals surface area contributed by atoms with Gasteiger partial charge in [-0.25, -0.2) is 0 Å². The minimum Gasteiger partial charge on any atom is -0.365 e. The van der Waals surface area contributed by atoms with E-state index in [1.807, 2.05) is 0 Å². The molecule has 0 bridgehead atoms. The Morgan fingerprint density at radius 2 is 2.50 bits per heavy atom. The second-order valence-corrected chi connectivity index (χ2v) is 2.30. The monoisotopic (exact) mass is 157 g/mol. The lowest BCUT2D eigenvalue weighted by atomic mass is 10.3. The Kier molecular flexibility index (Phi) is 1.58. The van der Waals surface area contributed by atoms with Crippen LogP contribution in [0.15, 0.2) is 6.20 Å². The Hall–Kier alpha value is -1.10. The standard InChI is InChI=1S/C5H7N3OS/c1-8-5(10)3(2-7-8)4(6)9/h2,7H,1H3,(H2,6,9). The molecule has 10 heavy (non-hydrogen) atoms. The molecule has 3 N–H and O–H groups in total. The van der Waals surface area contributed by atoms with Gasteiger partial charge in [-0.3, -0.25) is 9.48 Å². The fourth-order valence-corrected chi connectivity index (χ4v) is 0.851. The lowest BCUT2D eigenvalue weighted by Crippen LogP contribution is -2.10. The molecule has 1 aromatic rings.